The third kappa shape index (κ3) is 7.13. The number of fused-ring (bicyclic) bond motifs is 1. The molecule has 0 unspecified atom stereocenters. The summed E-state index contributed by atoms with van der Waals surface area (Å²) in [5, 5.41) is 0. The van der Waals surface area contributed by atoms with Crippen molar-refractivity contribution in [2.45, 2.75) is 20.3 Å². The Hall–Kier alpha value is -5.15. The summed E-state index contributed by atoms with van der Waals surface area (Å²) < 4.78 is 5.94. The van der Waals surface area contributed by atoms with E-state index in [4.69, 9.17) is 4.42 Å². The number of para-hydroxylation sites is 2. The molecule has 5 rings (SSSR count). The van der Waals surface area contributed by atoms with Gasteiger partial charge in [-0.05, 0) is 73.0 Å². The number of allylic oxidation sites excluding steroid dienone is 7. The smallest absolute Gasteiger partial charge is 0.227 e. The van der Waals surface area contributed by atoms with Crippen LogP contribution in [0.25, 0.3) is 39.8 Å². The maximum atomic E-state index is 5.94. The number of aryl methyl sites for hydroxylation is 1. The van der Waals surface area contributed by atoms with Crippen molar-refractivity contribution in [2.75, 3.05) is 11.9 Å². The van der Waals surface area contributed by atoms with Gasteiger partial charge in [0.2, 0.25) is 5.89 Å². The van der Waals surface area contributed by atoms with E-state index in [9.17, 15) is 0 Å². The fourth-order valence-corrected chi connectivity index (χ4v) is 4.72. The lowest BCUT2D eigenvalue weighted by molar-refractivity contribution is 0.620. The predicted molar refractivity (Wildman–Crippen MR) is 179 cm³/mol. The summed E-state index contributed by atoms with van der Waals surface area (Å²) in [4.78, 5) is 6.87. The first-order valence-electron chi connectivity index (χ1n) is 14.2. The van der Waals surface area contributed by atoms with Crippen LogP contribution < -0.4 is 4.90 Å². The largest absolute Gasteiger partial charge is 0.436 e. The molecule has 1 heterocycles. The van der Waals surface area contributed by atoms with Crippen LogP contribution in [0.15, 0.2) is 156 Å². The van der Waals surface area contributed by atoms with Gasteiger partial charge in [-0.15, -0.1) is 0 Å². The average molecular weight is 549 g/mol. The molecule has 208 valence electrons. The standard InChI is InChI=1S/C39H36N2O/c1-5-10-29(2)11-8-13-35(14-9-12-31-19-17-30(3)18-20-31)41(4)36-27-25-33(26-28-36)32-21-23-34(24-22-32)39-40-37-15-6-7-16-38(37)42-39/h5-12,14-28H,1,13H2,2-4H3/b11-8-,12-9+,29-10-,35-14-. The number of anilines is 1. The predicted octanol–water partition coefficient (Wildman–Crippen LogP) is 10.6. The maximum Gasteiger partial charge on any atom is 0.227 e. The van der Waals surface area contributed by atoms with E-state index in [1.165, 1.54) is 22.4 Å². The highest BCUT2D eigenvalue weighted by molar-refractivity contribution is 5.77. The van der Waals surface area contributed by atoms with Crippen molar-refractivity contribution in [1.29, 1.82) is 0 Å². The Balaban J connectivity index is 1.33. The number of hydrogen-bond acceptors (Lipinski definition) is 3. The highest BCUT2D eigenvalue weighted by Gasteiger charge is 2.09. The first-order chi connectivity index (χ1) is 20.5. The van der Waals surface area contributed by atoms with Gasteiger partial charge >= 0.3 is 0 Å². The highest BCUT2D eigenvalue weighted by Crippen LogP contribution is 2.29. The number of aromatic nitrogens is 1. The second-order valence-electron chi connectivity index (χ2n) is 10.4. The molecule has 0 aliphatic heterocycles. The molecule has 0 aliphatic carbocycles. The van der Waals surface area contributed by atoms with Crippen molar-refractivity contribution in [3.8, 4) is 22.6 Å². The van der Waals surface area contributed by atoms with Crippen molar-refractivity contribution in [2.24, 2.45) is 0 Å². The minimum atomic E-state index is 0.639. The van der Waals surface area contributed by atoms with Gasteiger partial charge < -0.3 is 9.32 Å². The summed E-state index contributed by atoms with van der Waals surface area (Å²) >= 11 is 0. The summed E-state index contributed by atoms with van der Waals surface area (Å²) in [5.41, 5.74) is 10.9. The molecular formula is C39H36N2O. The molecule has 0 amide bonds. The Labute approximate surface area is 249 Å². The third-order valence-electron chi connectivity index (χ3n) is 7.19. The zero-order chi connectivity index (χ0) is 29.3. The van der Waals surface area contributed by atoms with Crippen molar-refractivity contribution >= 4 is 22.9 Å². The number of nitrogens with zero attached hydrogens (tertiary/aromatic N) is 2. The lowest BCUT2D eigenvalue weighted by Gasteiger charge is -2.22. The first kappa shape index (κ1) is 28.4. The van der Waals surface area contributed by atoms with Crippen LogP contribution in [0.3, 0.4) is 0 Å². The lowest BCUT2D eigenvalue weighted by atomic mass is 10.0. The van der Waals surface area contributed by atoms with Crippen LogP contribution >= 0.6 is 0 Å². The summed E-state index contributed by atoms with van der Waals surface area (Å²) in [5.74, 6) is 0.639. The average Bonchev–Trinajstić information content (AvgIpc) is 3.46. The van der Waals surface area contributed by atoms with Gasteiger partial charge in [0.15, 0.2) is 5.58 Å². The fourth-order valence-electron chi connectivity index (χ4n) is 4.72. The summed E-state index contributed by atoms with van der Waals surface area (Å²) in [6.07, 6.45) is 15.4. The Kier molecular flexibility index (Phi) is 9.10. The van der Waals surface area contributed by atoms with Crippen molar-refractivity contribution in [1.82, 2.24) is 4.98 Å². The van der Waals surface area contributed by atoms with Gasteiger partial charge in [-0.25, -0.2) is 4.98 Å². The fraction of sp³-hybridized carbons (Fsp3) is 0.103. The van der Waals surface area contributed by atoms with E-state index in [0.717, 1.165) is 39.9 Å². The normalized spacial score (nSPS) is 12.5. The Morgan fingerprint density at radius 2 is 1.50 bits per heavy atom. The number of oxazole rings is 1. The molecule has 0 bridgehead atoms. The molecule has 3 nitrogen and oxygen atoms in total. The van der Waals surface area contributed by atoms with Crippen LogP contribution in [0.4, 0.5) is 5.69 Å². The Morgan fingerprint density at radius 3 is 2.19 bits per heavy atom. The number of benzene rings is 4. The van der Waals surface area contributed by atoms with Gasteiger partial charge in [0.05, 0.1) is 0 Å². The van der Waals surface area contributed by atoms with Crippen LogP contribution in [0, 0.1) is 6.92 Å². The van der Waals surface area contributed by atoms with Gasteiger partial charge in [0.1, 0.15) is 5.52 Å². The van der Waals surface area contributed by atoms with E-state index in [1.807, 2.05) is 36.4 Å². The Bertz CT molecular complexity index is 1730. The van der Waals surface area contributed by atoms with E-state index in [2.05, 4.69) is 141 Å². The highest BCUT2D eigenvalue weighted by atomic mass is 16.3. The van der Waals surface area contributed by atoms with Crippen LogP contribution in [0.2, 0.25) is 0 Å². The van der Waals surface area contributed by atoms with Crippen LogP contribution in [-0.2, 0) is 0 Å². The van der Waals surface area contributed by atoms with Crippen molar-refractivity contribution in [3.05, 3.63) is 162 Å². The topological polar surface area (TPSA) is 29.3 Å². The first-order valence-corrected chi connectivity index (χ1v) is 14.2. The van der Waals surface area contributed by atoms with Gasteiger partial charge in [0.25, 0.3) is 0 Å². The van der Waals surface area contributed by atoms with Crippen LogP contribution in [-0.4, -0.2) is 12.0 Å². The second-order valence-corrected chi connectivity index (χ2v) is 10.4. The molecule has 4 aromatic carbocycles. The van der Waals surface area contributed by atoms with E-state index >= 15 is 0 Å². The molecule has 0 aliphatic rings. The van der Waals surface area contributed by atoms with E-state index in [1.54, 1.807) is 0 Å². The monoisotopic (exact) mass is 548 g/mol. The molecule has 0 radical (unpaired) electrons. The molecule has 0 N–H and O–H groups in total. The molecular weight excluding hydrogens is 512 g/mol. The maximum absolute atomic E-state index is 5.94. The van der Waals surface area contributed by atoms with Crippen LogP contribution in [0.5, 0.6) is 0 Å². The van der Waals surface area contributed by atoms with Gasteiger partial charge in [-0.2, -0.15) is 0 Å². The van der Waals surface area contributed by atoms with Crippen molar-refractivity contribution in [3.63, 3.8) is 0 Å². The van der Waals surface area contributed by atoms with E-state index in [-0.39, 0.29) is 0 Å². The number of hydrogen-bond donors (Lipinski definition) is 0. The zero-order valence-corrected chi connectivity index (χ0v) is 24.5. The molecule has 0 spiro atoms. The lowest BCUT2D eigenvalue weighted by Crippen LogP contribution is -2.15. The minimum Gasteiger partial charge on any atom is -0.436 e. The Morgan fingerprint density at radius 1 is 0.833 bits per heavy atom. The number of rotatable bonds is 10. The van der Waals surface area contributed by atoms with Crippen molar-refractivity contribution < 1.29 is 4.42 Å². The third-order valence-corrected chi connectivity index (χ3v) is 7.19. The van der Waals surface area contributed by atoms with Gasteiger partial charge in [0, 0.05) is 30.4 Å². The molecule has 0 atom stereocenters. The molecule has 1 aromatic heterocycles. The minimum absolute atomic E-state index is 0.639. The van der Waals surface area contributed by atoms with E-state index < -0.39 is 0 Å². The molecule has 0 saturated heterocycles. The quantitative estimate of drug-likeness (QED) is 0.163. The molecule has 5 aromatic rings. The van der Waals surface area contributed by atoms with Gasteiger partial charge in [-0.3, -0.25) is 0 Å². The van der Waals surface area contributed by atoms with E-state index in [0.29, 0.717) is 5.89 Å². The summed E-state index contributed by atoms with van der Waals surface area (Å²) in [7, 11) is 2.12. The molecule has 42 heavy (non-hydrogen) atoms. The molecule has 0 saturated carbocycles. The van der Waals surface area contributed by atoms with Crippen LogP contribution in [0.1, 0.15) is 24.5 Å². The molecule has 3 heteroatoms. The zero-order valence-electron chi connectivity index (χ0n) is 24.5. The van der Waals surface area contributed by atoms with Gasteiger partial charge in [-0.1, -0.05) is 115 Å². The SMILES string of the molecule is C=C/C=C(C)\C=C/C/C(=C/C=C/c1ccc(C)cc1)N(C)c1ccc(-c2ccc(-c3nc4ccccc4o3)cc2)cc1. The summed E-state index contributed by atoms with van der Waals surface area (Å²) in [6, 6.07) is 33.5. The summed E-state index contributed by atoms with van der Waals surface area (Å²) in [6.45, 7) is 7.99. The molecule has 0 fully saturated rings. The second kappa shape index (κ2) is 13.5.